The number of rotatable bonds is 3. The molecule has 0 spiro atoms. The van der Waals surface area contributed by atoms with Crippen LogP contribution in [0.5, 0.6) is 0 Å². The van der Waals surface area contributed by atoms with Crippen LogP contribution in [0.15, 0.2) is 0 Å². The molecule has 11 heavy (non-hydrogen) atoms. The maximum absolute atomic E-state index is 7.94. The highest BCUT2D eigenvalue weighted by Gasteiger charge is 2.12. The Morgan fingerprint density at radius 2 is 1.91 bits per heavy atom. The summed E-state index contributed by atoms with van der Waals surface area (Å²) in [7, 11) is 0. The van der Waals surface area contributed by atoms with Gasteiger partial charge >= 0.3 is 0 Å². The Kier molecular flexibility index (Phi) is 0.659. The average molecular weight is 173 g/mol. The van der Waals surface area contributed by atoms with Gasteiger partial charge in [-0.2, -0.15) is 0 Å². The predicted molar refractivity (Wildman–Crippen MR) is 48.6 cm³/mol. The van der Waals surface area contributed by atoms with Gasteiger partial charge in [-0.25, -0.2) is 0 Å². The molecule has 0 aliphatic heterocycles. The summed E-state index contributed by atoms with van der Waals surface area (Å²) in [6, 6.07) is 0. The monoisotopic (exact) mass is 173 g/mol. The molecule has 0 saturated heterocycles. The normalized spacial score (nSPS) is 37.2. The number of ether oxygens (including phenoxy) is 1. The van der Waals surface area contributed by atoms with Gasteiger partial charge in [-0.3, -0.25) is 0 Å². The van der Waals surface area contributed by atoms with E-state index in [1.807, 2.05) is 0 Å². The van der Waals surface area contributed by atoms with Gasteiger partial charge in [-0.15, -0.1) is 0 Å². The summed E-state index contributed by atoms with van der Waals surface area (Å²) in [6.07, 6.45) is 0. The molecule has 0 radical (unpaired) electrons. The van der Waals surface area contributed by atoms with Crippen LogP contribution in [0.2, 0.25) is 0 Å². The number of quaternary nitrogens is 1. The fourth-order valence-electron chi connectivity index (χ4n) is 0.244. The Bertz CT molecular complexity index is 416. The minimum absolute atomic E-state index is 1.33. The number of nitrogens with zero attached hydrogens (tertiary/aromatic N) is 1. The third-order valence-corrected chi connectivity index (χ3v) is 0.571. The Balaban J connectivity index is 6.88. The van der Waals surface area contributed by atoms with Crippen molar-refractivity contribution in [3.8, 4) is 0 Å². The first-order valence-electron chi connectivity index (χ1n) is 9.55. The van der Waals surface area contributed by atoms with E-state index < -0.39 is 44.1 Å². The van der Waals surface area contributed by atoms with Crippen molar-refractivity contribution in [1.82, 2.24) is 0 Å². The maximum Gasteiger partial charge on any atom is 0.102 e. The van der Waals surface area contributed by atoms with Gasteiger partial charge in [0.25, 0.3) is 0 Å². The van der Waals surface area contributed by atoms with Crippen LogP contribution < -0.4 is 0 Å². The first kappa shape index (κ1) is 2.05. The average Bonchev–Trinajstić information content (AvgIpc) is 2.03. The van der Waals surface area contributed by atoms with Crippen LogP contribution in [0, 0.1) is 0 Å². The lowest BCUT2D eigenvalue weighted by atomic mass is 10.2. The largest absolute Gasteiger partial charge is 0.370 e. The molecular formula is C9H22NO+. The molecule has 2 heteroatoms. The number of hydrogen-bond donors (Lipinski definition) is 0. The van der Waals surface area contributed by atoms with E-state index in [0.29, 0.717) is 0 Å². The van der Waals surface area contributed by atoms with Crippen LogP contribution >= 0.6 is 0 Å². The third kappa shape index (κ3) is 9.92. The molecule has 0 atom stereocenters. The van der Waals surface area contributed by atoms with E-state index in [-0.39, 0.29) is 0 Å². The van der Waals surface area contributed by atoms with Crippen molar-refractivity contribution in [3.05, 3.63) is 0 Å². The van der Waals surface area contributed by atoms with Crippen molar-refractivity contribution >= 4 is 0 Å². The van der Waals surface area contributed by atoms with Crippen LogP contribution in [0.3, 0.4) is 0 Å². The van der Waals surface area contributed by atoms with E-state index in [0.717, 1.165) is 0 Å². The first-order chi connectivity index (χ1) is 9.96. The summed E-state index contributed by atoms with van der Waals surface area (Å²) in [5, 5.41) is 0. The maximum atomic E-state index is 7.94. The molecule has 0 rings (SSSR count). The highest BCUT2D eigenvalue weighted by molar-refractivity contribution is 4.57. The molecule has 0 unspecified atom stereocenters. The van der Waals surface area contributed by atoms with Crippen LogP contribution in [-0.2, 0) is 4.74 Å². The molecule has 2 nitrogen and oxygen atoms in total. The summed E-state index contributed by atoms with van der Waals surface area (Å²) in [6.45, 7) is -15.3. The molecule has 0 amide bonds. The van der Waals surface area contributed by atoms with E-state index in [2.05, 4.69) is 0 Å². The predicted octanol–water partition coefficient (Wildman–Crippen LogP) is 1.51. The zero-order valence-electron chi connectivity index (χ0n) is 19.9. The van der Waals surface area contributed by atoms with Gasteiger partial charge in [0, 0.05) is 0 Å². The SMILES string of the molecule is [2H]C([2H])(OC(C)(C)C)C([2H])([2H])[N+](C([2H])([2H])[2H])(C([2H])([2H])[2H])C([2H])([2H])[2H]. The Morgan fingerprint density at radius 3 is 2.27 bits per heavy atom. The number of likely N-dealkylation sites (N-methyl/N-ethyl adjacent to an activating group) is 1. The van der Waals surface area contributed by atoms with Crippen molar-refractivity contribution < 1.29 is 27.0 Å². The molecule has 0 heterocycles. The highest BCUT2D eigenvalue weighted by atomic mass is 16.5. The Labute approximate surface area is 89.0 Å². The van der Waals surface area contributed by atoms with Gasteiger partial charge in [0.1, 0.15) is 6.50 Å². The van der Waals surface area contributed by atoms with Gasteiger partial charge in [0.05, 0.1) is 50.9 Å². The fraction of sp³-hybridized carbons (Fsp3) is 1.00. The molecule has 0 fully saturated rings. The lowest BCUT2D eigenvalue weighted by molar-refractivity contribution is -0.871. The molecule has 68 valence electrons. The molecule has 0 aliphatic carbocycles. The fourth-order valence-corrected chi connectivity index (χ4v) is 0.244. The molecule has 0 aliphatic rings. The van der Waals surface area contributed by atoms with E-state index >= 15 is 0 Å². The molecule has 0 N–H and O–H groups in total. The lowest BCUT2D eigenvalue weighted by Gasteiger charge is -2.26. The van der Waals surface area contributed by atoms with Crippen LogP contribution in [0.25, 0.3) is 0 Å². The second kappa shape index (κ2) is 3.55. The van der Waals surface area contributed by atoms with Crippen molar-refractivity contribution in [2.75, 3.05) is 34.0 Å². The van der Waals surface area contributed by atoms with Crippen LogP contribution in [-0.4, -0.2) is 44.1 Å². The van der Waals surface area contributed by atoms with Gasteiger partial charge in [0.2, 0.25) is 0 Å². The third-order valence-electron chi connectivity index (χ3n) is 0.571. The van der Waals surface area contributed by atoms with Gasteiger partial charge in [-0.05, 0) is 20.8 Å². The van der Waals surface area contributed by atoms with E-state index in [1.165, 1.54) is 20.8 Å². The van der Waals surface area contributed by atoms with Gasteiger partial charge in [-0.1, -0.05) is 0 Å². The van der Waals surface area contributed by atoms with Crippen molar-refractivity contribution in [1.29, 1.82) is 0 Å². The molecule has 0 bridgehead atoms. The minimum atomic E-state index is -3.97. The van der Waals surface area contributed by atoms with E-state index in [4.69, 9.17) is 22.6 Å². The van der Waals surface area contributed by atoms with Crippen molar-refractivity contribution in [2.45, 2.75) is 26.4 Å². The zero-order valence-corrected chi connectivity index (χ0v) is 6.86. The molecule has 0 aromatic rings. The summed E-state index contributed by atoms with van der Waals surface area (Å²) < 4.78 is 100. The van der Waals surface area contributed by atoms with E-state index in [9.17, 15) is 0 Å². The first-order valence-corrected chi connectivity index (χ1v) is 3.05. The lowest BCUT2D eigenvalue weighted by Crippen LogP contribution is -2.39. The van der Waals surface area contributed by atoms with Crippen molar-refractivity contribution in [3.63, 3.8) is 0 Å². The van der Waals surface area contributed by atoms with Crippen LogP contribution in [0.1, 0.15) is 38.6 Å². The van der Waals surface area contributed by atoms with Crippen molar-refractivity contribution in [2.24, 2.45) is 0 Å². The zero-order chi connectivity index (χ0) is 20.2. The number of hydrogen-bond acceptors (Lipinski definition) is 1. The quantitative estimate of drug-likeness (QED) is 0.588. The van der Waals surface area contributed by atoms with Gasteiger partial charge < -0.3 is 9.22 Å². The van der Waals surface area contributed by atoms with Gasteiger partial charge in [0.15, 0.2) is 0 Å². The summed E-state index contributed by atoms with van der Waals surface area (Å²) in [4.78, 5) is 0. The highest BCUT2D eigenvalue weighted by Crippen LogP contribution is 2.06. The second-order valence-corrected chi connectivity index (χ2v) is 3.10. The van der Waals surface area contributed by atoms with E-state index in [1.54, 1.807) is 0 Å². The molecule has 0 aromatic heterocycles. The smallest absolute Gasteiger partial charge is 0.102 e. The molecular weight excluding hydrogens is 138 g/mol. The van der Waals surface area contributed by atoms with Crippen LogP contribution in [0.4, 0.5) is 0 Å². The second-order valence-electron chi connectivity index (χ2n) is 3.10. The summed E-state index contributed by atoms with van der Waals surface area (Å²) >= 11 is 0. The Morgan fingerprint density at radius 1 is 1.36 bits per heavy atom. The molecule has 0 saturated carbocycles. The standard InChI is InChI=1S/C9H22NO/c1-9(2,3)11-8-7-10(4,5)6/h7-8H2,1-6H3/q+1/i4D3,5D3,6D3,7D2,8D2. The molecule has 0 aromatic carbocycles. The minimum Gasteiger partial charge on any atom is -0.370 e. The summed E-state index contributed by atoms with van der Waals surface area (Å²) in [5.74, 6) is 0. The Hall–Kier alpha value is -0.0800. The summed E-state index contributed by atoms with van der Waals surface area (Å²) in [5.41, 5.74) is -1.34. The topological polar surface area (TPSA) is 9.23 Å².